The molecule has 0 amide bonds. The fraction of sp³-hybridized carbons (Fsp3) is 0.273. The fourth-order valence-corrected chi connectivity index (χ4v) is 1.68. The van der Waals surface area contributed by atoms with E-state index in [0.29, 0.717) is 23.3 Å². The SMILES string of the molecule is Cc1ccc(F)c2c(C)c(CN)oc12. The molecule has 0 aliphatic heterocycles. The molecule has 2 N–H and O–H groups in total. The average Bonchev–Trinajstić information content (AvgIpc) is 2.51. The number of hydrogen-bond donors (Lipinski definition) is 1. The summed E-state index contributed by atoms with van der Waals surface area (Å²) in [6.45, 7) is 4.03. The minimum absolute atomic E-state index is 0.244. The summed E-state index contributed by atoms with van der Waals surface area (Å²) in [5.41, 5.74) is 7.86. The second kappa shape index (κ2) is 3.10. The van der Waals surface area contributed by atoms with Gasteiger partial charge in [-0.15, -0.1) is 0 Å². The van der Waals surface area contributed by atoms with Crippen molar-refractivity contribution in [2.75, 3.05) is 0 Å². The minimum atomic E-state index is -0.244. The van der Waals surface area contributed by atoms with Gasteiger partial charge in [-0.3, -0.25) is 0 Å². The lowest BCUT2D eigenvalue weighted by atomic mass is 10.1. The van der Waals surface area contributed by atoms with E-state index in [1.54, 1.807) is 6.07 Å². The van der Waals surface area contributed by atoms with Gasteiger partial charge in [0.1, 0.15) is 17.2 Å². The third kappa shape index (κ3) is 1.13. The number of halogens is 1. The van der Waals surface area contributed by atoms with E-state index in [1.807, 2.05) is 13.8 Å². The van der Waals surface area contributed by atoms with Crippen LogP contribution in [0, 0.1) is 19.7 Å². The lowest BCUT2D eigenvalue weighted by molar-refractivity contribution is 0.546. The zero-order valence-electron chi connectivity index (χ0n) is 8.23. The Kier molecular flexibility index (Phi) is 2.04. The molecule has 14 heavy (non-hydrogen) atoms. The maximum atomic E-state index is 13.5. The Hall–Kier alpha value is -1.35. The summed E-state index contributed by atoms with van der Waals surface area (Å²) in [4.78, 5) is 0. The second-order valence-corrected chi connectivity index (χ2v) is 3.42. The monoisotopic (exact) mass is 193 g/mol. The molecule has 0 spiro atoms. The number of rotatable bonds is 1. The van der Waals surface area contributed by atoms with Gasteiger partial charge in [0.15, 0.2) is 0 Å². The largest absolute Gasteiger partial charge is 0.459 e. The van der Waals surface area contributed by atoms with Crippen LogP contribution in [0.25, 0.3) is 11.0 Å². The lowest BCUT2D eigenvalue weighted by Crippen LogP contribution is -1.95. The fourth-order valence-electron chi connectivity index (χ4n) is 1.68. The standard InChI is InChI=1S/C11H12FNO/c1-6-3-4-8(12)10-7(2)9(5-13)14-11(6)10/h3-4H,5,13H2,1-2H3. The highest BCUT2D eigenvalue weighted by Crippen LogP contribution is 2.29. The Morgan fingerprint density at radius 3 is 2.64 bits per heavy atom. The molecule has 0 radical (unpaired) electrons. The molecule has 0 saturated carbocycles. The number of aryl methyl sites for hydroxylation is 2. The molecule has 1 aromatic carbocycles. The highest BCUT2D eigenvalue weighted by molar-refractivity contribution is 5.85. The van der Waals surface area contributed by atoms with Crippen molar-refractivity contribution in [3.8, 4) is 0 Å². The van der Waals surface area contributed by atoms with Crippen molar-refractivity contribution in [1.29, 1.82) is 0 Å². The highest BCUT2D eigenvalue weighted by atomic mass is 19.1. The molecule has 0 atom stereocenters. The molecule has 0 aliphatic carbocycles. The van der Waals surface area contributed by atoms with Gasteiger partial charge < -0.3 is 10.2 Å². The van der Waals surface area contributed by atoms with Crippen LogP contribution in [0.4, 0.5) is 4.39 Å². The van der Waals surface area contributed by atoms with Crippen LogP contribution in [0.3, 0.4) is 0 Å². The predicted molar refractivity (Wildman–Crippen MR) is 53.5 cm³/mol. The van der Waals surface area contributed by atoms with Crippen LogP contribution in [0.2, 0.25) is 0 Å². The Morgan fingerprint density at radius 2 is 2.07 bits per heavy atom. The summed E-state index contributed by atoms with van der Waals surface area (Å²) >= 11 is 0. The van der Waals surface area contributed by atoms with E-state index < -0.39 is 0 Å². The van der Waals surface area contributed by atoms with E-state index in [0.717, 1.165) is 11.1 Å². The summed E-state index contributed by atoms with van der Waals surface area (Å²) in [7, 11) is 0. The number of hydrogen-bond acceptors (Lipinski definition) is 2. The molecule has 2 aromatic rings. The molecule has 2 rings (SSSR count). The van der Waals surface area contributed by atoms with Gasteiger partial charge in [0.05, 0.1) is 11.9 Å². The summed E-state index contributed by atoms with van der Waals surface area (Å²) < 4.78 is 19.0. The normalized spacial score (nSPS) is 11.1. The molecule has 0 unspecified atom stereocenters. The maximum Gasteiger partial charge on any atom is 0.140 e. The number of nitrogens with two attached hydrogens (primary N) is 1. The Morgan fingerprint density at radius 1 is 1.36 bits per heavy atom. The van der Waals surface area contributed by atoms with E-state index in [2.05, 4.69) is 0 Å². The molecule has 3 heteroatoms. The van der Waals surface area contributed by atoms with Crippen molar-refractivity contribution >= 4 is 11.0 Å². The molecular weight excluding hydrogens is 181 g/mol. The summed E-state index contributed by atoms with van der Waals surface area (Å²) in [5.74, 6) is 0.416. The maximum absolute atomic E-state index is 13.5. The summed E-state index contributed by atoms with van der Waals surface area (Å²) in [5, 5.41) is 0.561. The molecule has 74 valence electrons. The van der Waals surface area contributed by atoms with Gasteiger partial charge in [-0.05, 0) is 25.5 Å². The van der Waals surface area contributed by atoms with E-state index >= 15 is 0 Å². The van der Waals surface area contributed by atoms with Crippen LogP contribution >= 0.6 is 0 Å². The Labute approximate surface area is 81.5 Å². The van der Waals surface area contributed by atoms with E-state index in [-0.39, 0.29) is 5.82 Å². The quantitative estimate of drug-likeness (QED) is 0.756. The van der Waals surface area contributed by atoms with Crippen molar-refractivity contribution in [3.05, 3.63) is 34.8 Å². The van der Waals surface area contributed by atoms with Crippen molar-refractivity contribution in [2.24, 2.45) is 5.73 Å². The third-order valence-electron chi connectivity index (χ3n) is 2.51. The molecule has 0 fully saturated rings. The molecule has 2 nitrogen and oxygen atoms in total. The zero-order valence-corrected chi connectivity index (χ0v) is 8.23. The second-order valence-electron chi connectivity index (χ2n) is 3.42. The van der Waals surface area contributed by atoms with Crippen molar-refractivity contribution < 1.29 is 8.81 Å². The highest BCUT2D eigenvalue weighted by Gasteiger charge is 2.14. The number of fused-ring (bicyclic) bond motifs is 1. The van der Waals surface area contributed by atoms with Crippen LogP contribution in [0.15, 0.2) is 16.5 Å². The van der Waals surface area contributed by atoms with Gasteiger partial charge in [-0.2, -0.15) is 0 Å². The third-order valence-corrected chi connectivity index (χ3v) is 2.51. The van der Waals surface area contributed by atoms with Crippen molar-refractivity contribution in [2.45, 2.75) is 20.4 Å². The molecule has 0 bridgehead atoms. The summed E-state index contributed by atoms with van der Waals surface area (Å²) in [6.07, 6.45) is 0. The minimum Gasteiger partial charge on any atom is -0.459 e. The molecular formula is C11H12FNO. The first-order valence-electron chi connectivity index (χ1n) is 4.52. The first kappa shape index (κ1) is 9.21. The van der Waals surface area contributed by atoms with Gasteiger partial charge in [-0.1, -0.05) is 6.07 Å². The zero-order chi connectivity index (χ0) is 10.3. The van der Waals surface area contributed by atoms with Crippen molar-refractivity contribution in [1.82, 2.24) is 0 Å². The molecule has 0 saturated heterocycles. The lowest BCUT2D eigenvalue weighted by Gasteiger charge is -1.95. The van der Waals surface area contributed by atoms with E-state index in [4.69, 9.17) is 10.2 Å². The predicted octanol–water partition coefficient (Wildman–Crippen LogP) is 2.65. The number of furan rings is 1. The van der Waals surface area contributed by atoms with Crippen molar-refractivity contribution in [3.63, 3.8) is 0 Å². The van der Waals surface area contributed by atoms with Crippen LogP contribution in [-0.4, -0.2) is 0 Å². The number of benzene rings is 1. The first-order chi connectivity index (χ1) is 6.65. The van der Waals surface area contributed by atoms with Gasteiger partial charge >= 0.3 is 0 Å². The molecule has 0 aliphatic rings. The molecule has 1 heterocycles. The van der Waals surface area contributed by atoms with E-state index in [9.17, 15) is 4.39 Å². The van der Waals surface area contributed by atoms with E-state index in [1.165, 1.54) is 6.07 Å². The smallest absolute Gasteiger partial charge is 0.140 e. The first-order valence-corrected chi connectivity index (χ1v) is 4.52. The van der Waals surface area contributed by atoms with Crippen LogP contribution in [0.1, 0.15) is 16.9 Å². The average molecular weight is 193 g/mol. The van der Waals surface area contributed by atoms with Gasteiger partial charge in [0, 0.05) is 5.56 Å². The van der Waals surface area contributed by atoms with Crippen LogP contribution in [0.5, 0.6) is 0 Å². The van der Waals surface area contributed by atoms with Gasteiger partial charge in [0.25, 0.3) is 0 Å². The van der Waals surface area contributed by atoms with Gasteiger partial charge in [0.2, 0.25) is 0 Å². The topological polar surface area (TPSA) is 39.2 Å². The van der Waals surface area contributed by atoms with Crippen LogP contribution in [-0.2, 0) is 6.54 Å². The Balaban J connectivity index is 2.90. The Bertz CT molecular complexity index is 487. The summed E-state index contributed by atoms with van der Waals surface area (Å²) in [6, 6.07) is 3.17. The van der Waals surface area contributed by atoms with Gasteiger partial charge in [-0.25, -0.2) is 4.39 Å². The molecule has 1 aromatic heterocycles. The van der Waals surface area contributed by atoms with Crippen LogP contribution < -0.4 is 5.73 Å².